The molecule has 0 atom stereocenters. The number of aryl methyl sites for hydroxylation is 1. The third-order valence-electron chi connectivity index (χ3n) is 3.36. The maximum atomic E-state index is 3.59. The van der Waals surface area contributed by atoms with Crippen molar-refractivity contribution in [2.24, 2.45) is 0 Å². The van der Waals surface area contributed by atoms with Crippen LogP contribution in [0.2, 0.25) is 0 Å². The van der Waals surface area contributed by atoms with Crippen molar-refractivity contribution >= 4 is 21.6 Å². The Bertz CT molecular complexity index is 549. The highest BCUT2D eigenvalue weighted by Gasteiger charge is 1.95. The van der Waals surface area contributed by atoms with Crippen LogP contribution in [-0.2, 0) is 6.42 Å². The van der Waals surface area contributed by atoms with Gasteiger partial charge in [0.1, 0.15) is 0 Å². The van der Waals surface area contributed by atoms with Crippen molar-refractivity contribution in [3.8, 4) is 0 Å². The second kappa shape index (κ2) is 9.41. The predicted octanol–water partition coefficient (Wildman–Crippen LogP) is 5.83. The Balaban J connectivity index is 1.56. The SMILES string of the molecule is Brc1ccccc1CC/C=C\CCCNc1ccccc1. The Morgan fingerprint density at radius 1 is 0.857 bits per heavy atom. The number of halogens is 1. The van der Waals surface area contributed by atoms with Crippen molar-refractivity contribution < 1.29 is 0 Å². The highest BCUT2D eigenvalue weighted by atomic mass is 79.9. The first kappa shape index (κ1) is 15.8. The Hall–Kier alpha value is -1.54. The minimum absolute atomic E-state index is 1.03. The molecule has 0 unspecified atom stereocenters. The Labute approximate surface area is 136 Å². The van der Waals surface area contributed by atoms with E-state index >= 15 is 0 Å². The molecule has 0 saturated heterocycles. The monoisotopic (exact) mass is 343 g/mol. The third-order valence-corrected chi connectivity index (χ3v) is 4.13. The predicted molar refractivity (Wildman–Crippen MR) is 95.8 cm³/mol. The van der Waals surface area contributed by atoms with Crippen LogP contribution >= 0.6 is 15.9 Å². The van der Waals surface area contributed by atoms with Crippen molar-refractivity contribution in [2.75, 3.05) is 11.9 Å². The fourth-order valence-electron chi connectivity index (χ4n) is 2.18. The first-order valence-corrected chi connectivity index (χ1v) is 8.33. The molecule has 0 radical (unpaired) electrons. The first-order valence-electron chi connectivity index (χ1n) is 7.53. The molecule has 0 amide bonds. The van der Waals surface area contributed by atoms with Crippen molar-refractivity contribution in [1.29, 1.82) is 0 Å². The van der Waals surface area contributed by atoms with E-state index in [-0.39, 0.29) is 0 Å². The lowest BCUT2D eigenvalue weighted by molar-refractivity contribution is 0.880. The Morgan fingerprint density at radius 2 is 1.57 bits per heavy atom. The van der Waals surface area contributed by atoms with Crippen molar-refractivity contribution in [3.63, 3.8) is 0 Å². The summed E-state index contributed by atoms with van der Waals surface area (Å²) in [7, 11) is 0. The highest BCUT2D eigenvalue weighted by molar-refractivity contribution is 9.10. The lowest BCUT2D eigenvalue weighted by Crippen LogP contribution is -2.00. The molecule has 0 aromatic heterocycles. The summed E-state index contributed by atoms with van der Waals surface area (Å²) in [6.45, 7) is 1.03. The van der Waals surface area contributed by atoms with E-state index in [1.165, 1.54) is 22.1 Å². The van der Waals surface area contributed by atoms with Crippen LogP contribution in [0.3, 0.4) is 0 Å². The molecular weight excluding hydrogens is 322 g/mol. The molecule has 21 heavy (non-hydrogen) atoms. The smallest absolute Gasteiger partial charge is 0.0340 e. The first-order chi connectivity index (χ1) is 10.4. The molecule has 2 rings (SSSR count). The Morgan fingerprint density at radius 3 is 2.38 bits per heavy atom. The molecule has 0 aliphatic heterocycles. The third kappa shape index (κ3) is 6.17. The summed E-state index contributed by atoms with van der Waals surface area (Å²) < 4.78 is 1.21. The van der Waals surface area contributed by atoms with Gasteiger partial charge < -0.3 is 5.32 Å². The summed E-state index contributed by atoms with van der Waals surface area (Å²) in [5, 5.41) is 3.43. The zero-order chi connectivity index (χ0) is 14.8. The maximum absolute atomic E-state index is 3.59. The van der Waals surface area contributed by atoms with Crippen LogP contribution in [0.15, 0.2) is 71.2 Å². The molecule has 1 nitrogen and oxygen atoms in total. The van der Waals surface area contributed by atoms with Gasteiger partial charge in [0.05, 0.1) is 0 Å². The molecule has 2 heteroatoms. The van der Waals surface area contributed by atoms with Gasteiger partial charge in [-0.25, -0.2) is 0 Å². The molecule has 0 fully saturated rings. The number of nitrogens with one attached hydrogen (secondary N) is 1. The molecule has 0 saturated carbocycles. The molecule has 1 N–H and O–H groups in total. The van der Waals surface area contributed by atoms with Gasteiger partial charge in [0, 0.05) is 16.7 Å². The van der Waals surface area contributed by atoms with E-state index in [0.29, 0.717) is 0 Å². The number of allylic oxidation sites excluding steroid dienone is 2. The molecule has 2 aromatic carbocycles. The van der Waals surface area contributed by atoms with Crippen LogP contribution in [0.5, 0.6) is 0 Å². The van der Waals surface area contributed by atoms with E-state index in [9.17, 15) is 0 Å². The van der Waals surface area contributed by atoms with Gasteiger partial charge in [-0.3, -0.25) is 0 Å². The van der Waals surface area contributed by atoms with E-state index in [2.05, 4.69) is 81.9 Å². The molecule has 0 heterocycles. The van der Waals surface area contributed by atoms with Gasteiger partial charge >= 0.3 is 0 Å². The van der Waals surface area contributed by atoms with Gasteiger partial charge in [-0.1, -0.05) is 64.5 Å². The van der Waals surface area contributed by atoms with Crippen LogP contribution in [0, 0.1) is 0 Å². The van der Waals surface area contributed by atoms with Gasteiger partial charge in [0.2, 0.25) is 0 Å². The molecule has 0 spiro atoms. The minimum atomic E-state index is 1.03. The van der Waals surface area contributed by atoms with Crippen LogP contribution in [0.4, 0.5) is 5.69 Å². The minimum Gasteiger partial charge on any atom is -0.385 e. The van der Waals surface area contributed by atoms with Gasteiger partial charge in [-0.2, -0.15) is 0 Å². The van der Waals surface area contributed by atoms with Gasteiger partial charge in [-0.15, -0.1) is 0 Å². The van der Waals surface area contributed by atoms with E-state index in [1.54, 1.807) is 0 Å². The van der Waals surface area contributed by atoms with E-state index in [0.717, 1.165) is 25.8 Å². The molecule has 0 bridgehead atoms. The largest absolute Gasteiger partial charge is 0.385 e. The van der Waals surface area contributed by atoms with E-state index < -0.39 is 0 Å². The fraction of sp³-hybridized carbons (Fsp3) is 0.263. The quantitative estimate of drug-likeness (QED) is 0.469. The van der Waals surface area contributed by atoms with Crippen LogP contribution in [-0.4, -0.2) is 6.54 Å². The lowest BCUT2D eigenvalue weighted by Gasteiger charge is -2.04. The topological polar surface area (TPSA) is 12.0 Å². The van der Waals surface area contributed by atoms with Crippen LogP contribution in [0.25, 0.3) is 0 Å². The van der Waals surface area contributed by atoms with E-state index in [4.69, 9.17) is 0 Å². The van der Waals surface area contributed by atoms with Gasteiger partial charge in [0.25, 0.3) is 0 Å². The maximum Gasteiger partial charge on any atom is 0.0340 e. The summed E-state index contributed by atoms with van der Waals surface area (Å²) in [5.41, 5.74) is 2.59. The molecule has 2 aromatic rings. The summed E-state index contributed by atoms with van der Waals surface area (Å²) in [6, 6.07) is 18.8. The number of hydrogen-bond donors (Lipinski definition) is 1. The van der Waals surface area contributed by atoms with Gasteiger partial charge in [0.15, 0.2) is 0 Å². The molecule has 0 aliphatic rings. The summed E-state index contributed by atoms with van der Waals surface area (Å²) in [6.07, 6.45) is 9.09. The number of rotatable bonds is 8. The average Bonchev–Trinajstić information content (AvgIpc) is 2.52. The summed E-state index contributed by atoms with van der Waals surface area (Å²) in [4.78, 5) is 0. The highest BCUT2D eigenvalue weighted by Crippen LogP contribution is 2.17. The number of anilines is 1. The van der Waals surface area contributed by atoms with Gasteiger partial charge in [-0.05, 0) is 49.4 Å². The van der Waals surface area contributed by atoms with Crippen molar-refractivity contribution in [3.05, 3.63) is 76.8 Å². The summed E-state index contributed by atoms with van der Waals surface area (Å²) in [5.74, 6) is 0. The van der Waals surface area contributed by atoms with E-state index in [1.807, 2.05) is 6.07 Å². The lowest BCUT2D eigenvalue weighted by atomic mass is 10.1. The van der Waals surface area contributed by atoms with Crippen molar-refractivity contribution in [1.82, 2.24) is 0 Å². The summed E-state index contributed by atoms with van der Waals surface area (Å²) >= 11 is 3.59. The molecular formula is C19H22BrN. The standard InChI is InChI=1S/C19H22BrN/c20-19-15-9-8-12-17(19)11-5-2-1-3-10-16-21-18-13-6-4-7-14-18/h1-2,4,6-9,12-15,21H,3,5,10-11,16H2/b2-1-. The molecule has 110 valence electrons. The van der Waals surface area contributed by atoms with Crippen molar-refractivity contribution in [2.45, 2.75) is 25.7 Å². The van der Waals surface area contributed by atoms with Crippen LogP contribution in [0.1, 0.15) is 24.8 Å². The number of hydrogen-bond acceptors (Lipinski definition) is 1. The second-order valence-electron chi connectivity index (χ2n) is 5.04. The fourth-order valence-corrected chi connectivity index (χ4v) is 2.67. The molecule has 0 aliphatic carbocycles. The zero-order valence-corrected chi connectivity index (χ0v) is 13.9. The second-order valence-corrected chi connectivity index (χ2v) is 5.89. The number of benzene rings is 2. The number of unbranched alkanes of at least 4 members (excludes halogenated alkanes) is 1. The van der Waals surface area contributed by atoms with Crippen LogP contribution < -0.4 is 5.32 Å². The zero-order valence-electron chi connectivity index (χ0n) is 12.3. The normalized spacial score (nSPS) is 10.9. The Kier molecular flexibility index (Phi) is 7.10. The number of para-hydroxylation sites is 1. The average molecular weight is 344 g/mol.